The quantitative estimate of drug-likeness (QED) is 0.357. The van der Waals surface area contributed by atoms with Gasteiger partial charge in [0.25, 0.3) is 0 Å². The zero-order chi connectivity index (χ0) is 10.8. The van der Waals surface area contributed by atoms with Crippen LogP contribution in [0.25, 0.3) is 0 Å². The second-order valence-corrected chi connectivity index (χ2v) is 3.04. The van der Waals surface area contributed by atoms with Crippen LogP contribution in [0.5, 0.6) is 0 Å². The minimum absolute atomic E-state index is 0.0182. The van der Waals surface area contributed by atoms with Crippen LogP contribution >= 0.6 is 0 Å². The van der Waals surface area contributed by atoms with Crippen molar-refractivity contribution in [2.45, 2.75) is 25.3 Å². The molecule has 0 radical (unpaired) electrons. The smallest absolute Gasteiger partial charge is 0.322 e. The highest BCUT2D eigenvalue weighted by Crippen LogP contribution is 2.01. The molecule has 0 saturated carbocycles. The van der Waals surface area contributed by atoms with Crippen LogP contribution in [0, 0.1) is 0 Å². The van der Waals surface area contributed by atoms with Crippen LogP contribution in [0.1, 0.15) is 19.3 Å². The van der Waals surface area contributed by atoms with Crippen molar-refractivity contribution in [3.63, 3.8) is 0 Å². The summed E-state index contributed by atoms with van der Waals surface area (Å²) in [5.74, 6) is -0.282. The first-order valence-corrected chi connectivity index (χ1v) is 4.88. The van der Waals surface area contributed by atoms with Crippen LogP contribution in [0.15, 0.2) is 0 Å². The number of unbranched alkanes of at least 4 members (excludes halogenated alkanes) is 1. The van der Waals surface area contributed by atoms with Crippen LogP contribution in [-0.2, 0) is 9.53 Å². The molecule has 1 atom stereocenters. The summed E-state index contributed by atoms with van der Waals surface area (Å²) in [6.07, 6.45) is 2.48. The number of hydrogen-bond donors (Lipinski definition) is 3. The second-order valence-electron chi connectivity index (χ2n) is 3.04. The van der Waals surface area contributed by atoms with E-state index in [1.807, 2.05) is 0 Å². The van der Waals surface area contributed by atoms with E-state index in [0.717, 1.165) is 12.8 Å². The summed E-state index contributed by atoms with van der Waals surface area (Å²) >= 11 is 0. The standard InChI is InChI=1S/C9H20N2O3/c1-14-9(13)8(11-6-7-12)4-2-3-5-10/h8,11-12H,2-7,10H2,1H3. The Bertz CT molecular complexity index is 153. The largest absolute Gasteiger partial charge is 0.468 e. The molecule has 0 spiro atoms. The number of hydrogen-bond acceptors (Lipinski definition) is 5. The van der Waals surface area contributed by atoms with E-state index >= 15 is 0 Å². The summed E-state index contributed by atoms with van der Waals surface area (Å²) in [6.45, 7) is 1.06. The first kappa shape index (κ1) is 13.4. The molecule has 0 aliphatic rings. The third-order valence-electron chi connectivity index (χ3n) is 1.94. The number of nitrogens with two attached hydrogens (primary N) is 1. The predicted octanol–water partition coefficient (Wildman–Crippen LogP) is -0.761. The van der Waals surface area contributed by atoms with Crippen LogP contribution in [-0.4, -0.2) is 43.9 Å². The molecular weight excluding hydrogens is 184 g/mol. The molecule has 0 heterocycles. The van der Waals surface area contributed by atoms with Crippen molar-refractivity contribution in [2.24, 2.45) is 5.73 Å². The Morgan fingerprint density at radius 1 is 1.57 bits per heavy atom. The van der Waals surface area contributed by atoms with Crippen molar-refractivity contribution < 1.29 is 14.6 Å². The molecule has 0 amide bonds. The fourth-order valence-corrected chi connectivity index (χ4v) is 1.18. The number of ether oxygens (including phenoxy) is 1. The lowest BCUT2D eigenvalue weighted by atomic mass is 10.1. The summed E-state index contributed by atoms with van der Waals surface area (Å²) in [7, 11) is 1.36. The molecule has 1 unspecified atom stereocenters. The molecule has 14 heavy (non-hydrogen) atoms. The highest BCUT2D eigenvalue weighted by atomic mass is 16.5. The van der Waals surface area contributed by atoms with Gasteiger partial charge in [-0.2, -0.15) is 0 Å². The Labute approximate surface area is 84.6 Å². The maximum atomic E-state index is 11.2. The second kappa shape index (κ2) is 8.93. The molecule has 0 rings (SSSR count). The van der Waals surface area contributed by atoms with Crippen molar-refractivity contribution >= 4 is 5.97 Å². The molecule has 5 heteroatoms. The van der Waals surface area contributed by atoms with Gasteiger partial charge < -0.3 is 20.9 Å². The molecule has 0 bridgehead atoms. The van der Waals surface area contributed by atoms with Crippen molar-refractivity contribution in [2.75, 3.05) is 26.8 Å². The molecule has 0 aromatic heterocycles. The molecule has 0 fully saturated rings. The van der Waals surface area contributed by atoms with E-state index in [0.29, 0.717) is 19.5 Å². The number of rotatable bonds is 8. The minimum Gasteiger partial charge on any atom is -0.468 e. The first-order chi connectivity index (χ1) is 6.76. The fourth-order valence-electron chi connectivity index (χ4n) is 1.18. The number of aliphatic hydroxyl groups excluding tert-OH is 1. The summed E-state index contributed by atoms with van der Waals surface area (Å²) in [6, 6.07) is -0.321. The summed E-state index contributed by atoms with van der Waals surface area (Å²) in [5.41, 5.74) is 5.35. The molecule has 84 valence electrons. The van der Waals surface area contributed by atoms with Crippen molar-refractivity contribution in [3.05, 3.63) is 0 Å². The normalized spacial score (nSPS) is 12.5. The van der Waals surface area contributed by atoms with Crippen LogP contribution < -0.4 is 11.1 Å². The van der Waals surface area contributed by atoms with E-state index in [1.54, 1.807) is 0 Å². The number of aliphatic hydroxyl groups is 1. The van der Waals surface area contributed by atoms with E-state index < -0.39 is 0 Å². The van der Waals surface area contributed by atoms with Gasteiger partial charge in [-0.15, -0.1) is 0 Å². The van der Waals surface area contributed by atoms with Gasteiger partial charge in [0.15, 0.2) is 0 Å². The Kier molecular flexibility index (Phi) is 8.51. The fraction of sp³-hybridized carbons (Fsp3) is 0.889. The lowest BCUT2D eigenvalue weighted by molar-refractivity contribution is -0.143. The Hall–Kier alpha value is -0.650. The van der Waals surface area contributed by atoms with Crippen molar-refractivity contribution in [1.29, 1.82) is 0 Å². The van der Waals surface area contributed by atoms with Gasteiger partial charge in [-0.1, -0.05) is 6.42 Å². The molecule has 5 nitrogen and oxygen atoms in total. The lowest BCUT2D eigenvalue weighted by Crippen LogP contribution is -2.39. The number of nitrogens with one attached hydrogen (secondary N) is 1. The molecule has 0 aliphatic carbocycles. The van der Waals surface area contributed by atoms with Crippen molar-refractivity contribution in [3.8, 4) is 0 Å². The Balaban J connectivity index is 3.78. The molecule has 0 aromatic carbocycles. The average molecular weight is 204 g/mol. The summed E-state index contributed by atoms with van der Waals surface area (Å²) in [5, 5.41) is 11.5. The van der Waals surface area contributed by atoms with E-state index in [9.17, 15) is 4.79 Å². The van der Waals surface area contributed by atoms with Gasteiger partial charge in [-0.3, -0.25) is 4.79 Å². The third-order valence-corrected chi connectivity index (χ3v) is 1.94. The highest BCUT2D eigenvalue weighted by molar-refractivity contribution is 5.75. The topological polar surface area (TPSA) is 84.6 Å². The van der Waals surface area contributed by atoms with E-state index in [4.69, 9.17) is 10.8 Å². The van der Waals surface area contributed by atoms with E-state index in [1.165, 1.54) is 7.11 Å². The van der Waals surface area contributed by atoms with Gasteiger partial charge in [0.2, 0.25) is 0 Å². The SMILES string of the molecule is COC(=O)C(CCCCN)NCCO. The molecule has 0 aromatic rings. The highest BCUT2D eigenvalue weighted by Gasteiger charge is 2.16. The van der Waals surface area contributed by atoms with Gasteiger partial charge in [-0.05, 0) is 19.4 Å². The average Bonchev–Trinajstić information content (AvgIpc) is 2.22. The van der Waals surface area contributed by atoms with Gasteiger partial charge in [-0.25, -0.2) is 0 Å². The third kappa shape index (κ3) is 5.90. The van der Waals surface area contributed by atoms with Crippen LogP contribution in [0.4, 0.5) is 0 Å². The molecular formula is C9H20N2O3. The van der Waals surface area contributed by atoms with E-state index in [2.05, 4.69) is 10.1 Å². The van der Waals surface area contributed by atoms with E-state index in [-0.39, 0.29) is 18.6 Å². The molecule has 0 saturated heterocycles. The van der Waals surface area contributed by atoms with Crippen LogP contribution in [0.3, 0.4) is 0 Å². The number of carbonyl (C=O) groups is 1. The lowest BCUT2D eigenvalue weighted by Gasteiger charge is -2.15. The first-order valence-electron chi connectivity index (χ1n) is 4.88. The van der Waals surface area contributed by atoms with Crippen LogP contribution in [0.2, 0.25) is 0 Å². The summed E-state index contributed by atoms with van der Waals surface area (Å²) in [4.78, 5) is 11.2. The summed E-state index contributed by atoms with van der Waals surface area (Å²) < 4.78 is 4.63. The van der Waals surface area contributed by atoms with Crippen molar-refractivity contribution in [1.82, 2.24) is 5.32 Å². The Morgan fingerprint density at radius 3 is 2.79 bits per heavy atom. The Morgan fingerprint density at radius 2 is 2.29 bits per heavy atom. The van der Waals surface area contributed by atoms with Gasteiger partial charge in [0.05, 0.1) is 13.7 Å². The number of carbonyl (C=O) groups excluding carboxylic acids is 1. The van der Waals surface area contributed by atoms with Gasteiger partial charge in [0.1, 0.15) is 6.04 Å². The van der Waals surface area contributed by atoms with Gasteiger partial charge in [0, 0.05) is 6.54 Å². The minimum atomic E-state index is -0.321. The monoisotopic (exact) mass is 204 g/mol. The number of esters is 1. The zero-order valence-corrected chi connectivity index (χ0v) is 8.66. The number of methoxy groups -OCH3 is 1. The predicted molar refractivity (Wildman–Crippen MR) is 53.8 cm³/mol. The van der Waals surface area contributed by atoms with Gasteiger partial charge >= 0.3 is 5.97 Å². The zero-order valence-electron chi connectivity index (χ0n) is 8.66. The maximum Gasteiger partial charge on any atom is 0.322 e. The maximum absolute atomic E-state index is 11.2. The molecule has 0 aliphatic heterocycles. The molecule has 4 N–H and O–H groups in total.